The molecule has 0 aliphatic heterocycles. The third-order valence-corrected chi connectivity index (χ3v) is 3.19. The lowest BCUT2D eigenvalue weighted by atomic mass is 10.2. The number of para-hydroxylation sites is 1. The molecule has 2 aromatic rings. The van der Waals surface area contributed by atoms with E-state index >= 15 is 0 Å². The van der Waals surface area contributed by atoms with Crippen LogP contribution in [0.15, 0.2) is 28.7 Å². The van der Waals surface area contributed by atoms with E-state index in [1.165, 1.54) is 0 Å². The van der Waals surface area contributed by atoms with Gasteiger partial charge < -0.3 is 9.67 Å². The SMILES string of the molecule is Cn1c(CO)c(Br)c2ccccc21. The number of benzene rings is 1. The standard InChI is InChI=1S/C10H10BrNO/c1-12-8-5-3-2-4-7(8)10(11)9(12)6-13/h2-5,13H,6H2,1H3. The first-order chi connectivity index (χ1) is 6.25. The Balaban J connectivity index is 2.88. The van der Waals surface area contributed by atoms with E-state index in [-0.39, 0.29) is 6.61 Å². The van der Waals surface area contributed by atoms with E-state index in [9.17, 15) is 0 Å². The minimum Gasteiger partial charge on any atom is -0.390 e. The van der Waals surface area contributed by atoms with Crippen molar-refractivity contribution in [2.45, 2.75) is 6.61 Å². The van der Waals surface area contributed by atoms with E-state index in [1.54, 1.807) is 0 Å². The van der Waals surface area contributed by atoms with Gasteiger partial charge in [0.1, 0.15) is 0 Å². The Morgan fingerprint density at radius 2 is 2.08 bits per heavy atom. The number of nitrogens with zero attached hydrogens (tertiary/aromatic N) is 1. The van der Waals surface area contributed by atoms with Gasteiger partial charge in [-0.3, -0.25) is 0 Å². The Kier molecular flexibility index (Phi) is 2.14. The fraction of sp³-hybridized carbons (Fsp3) is 0.200. The van der Waals surface area contributed by atoms with Gasteiger partial charge in [-0.15, -0.1) is 0 Å². The highest BCUT2D eigenvalue weighted by molar-refractivity contribution is 9.10. The number of aromatic nitrogens is 1. The summed E-state index contributed by atoms with van der Waals surface area (Å²) in [6.45, 7) is 0.0613. The summed E-state index contributed by atoms with van der Waals surface area (Å²) in [5.41, 5.74) is 2.06. The third-order valence-electron chi connectivity index (χ3n) is 2.31. The fourth-order valence-electron chi connectivity index (χ4n) is 1.58. The van der Waals surface area contributed by atoms with Crippen molar-refractivity contribution in [2.24, 2.45) is 7.05 Å². The highest BCUT2D eigenvalue weighted by Crippen LogP contribution is 2.29. The number of hydrogen-bond acceptors (Lipinski definition) is 1. The van der Waals surface area contributed by atoms with Crippen LogP contribution in [0.2, 0.25) is 0 Å². The summed E-state index contributed by atoms with van der Waals surface area (Å²) in [5.74, 6) is 0. The number of rotatable bonds is 1. The van der Waals surface area contributed by atoms with Gasteiger partial charge in [0.25, 0.3) is 0 Å². The van der Waals surface area contributed by atoms with Crippen LogP contribution >= 0.6 is 15.9 Å². The largest absolute Gasteiger partial charge is 0.390 e. The van der Waals surface area contributed by atoms with E-state index in [0.717, 1.165) is 21.1 Å². The summed E-state index contributed by atoms with van der Waals surface area (Å²) < 4.78 is 2.99. The summed E-state index contributed by atoms with van der Waals surface area (Å²) in [6, 6.07) is 8.07. The Morgan fingerprint density at radius 3 is 2.69 bits per heavy atom. The first-order valence-corrected chi connectivity index (χ1v) is 4.87. The summed E-state index contributed by atoms with van der Waals surface area (Å²) in [6.07, 6.45) is 0. The second kappa shape index (κ2) is 3.16. The number of aliphatic hydroxyl groups excluding tert-OH is 1. The van der Waals surface area contributed by atoms with Crippen molar-refractivity contribution in [3.8, 4) is 0 Å². The summed E-state index contributed by atoms with van der Waals surface area (Å²) in [5, 5.41) is 10.3. The summed E-state index contributed by atoms with van der Waals surface area (Å²) >= 11 is 3.48. The quantitative estimate of drug-likeness (QED) is 0.813. The average Bonchev–Trinajstić information content (AvgIpc) is 2.41. The monoisotopic (exact) mass is 239 g/mol. The maximum Gasteiger partial charge on any atom is 0.0844 e. The molecule has 68 valence electrons. The van der Waals surface area contributed by atoms with Gasteiger partial charge in [-0.2, -0.15) is 0 Å². The van der Waals surface area contributed by atoms with Crippen LogP contribution in [0.1, 0.15) is 5.69 Å². The molecular weight excluding hydrogens is 230 g/mol. The normalized spacial score (nSPS) is 11.0. The fourth-order valence-corrected chi connectivity index (χ4v) is 2.30. The number of fused-ring (bicyclic) bond motifs is 1. The highest BCUT2D eigenvalue weighted by Gasteiger charge is 2.10. The molecule has 0 spiro atoms. The molecule has 0 fully saturated rings. The van der Waals surface area contributed by atoms with Crippen LogP contribution < -0.4 is 0 Å². The first-order valence-electron chi connectivity index (χ1n) is 4.08. The predicted octanol–water partition coefficient (Wildman–Crippen LogP) is 2.43. The third kappa shape index (κ3) is 1.19. The smallest absolute Gasteiger partial charge is 0.0844 e. The maximum atomic E-state index is 9.15. The van der Waals surface area contributed by atoms with Crippen molar-refractivity contribution in [3.05, 3.63) is 34.4 Å². The van der Waals surface area contributed by atoms with Crippen molar-refractivity contribution in [3.63, 3.8) is 0 Å². The minimum atomic E-state index is 0.0613. The maximum absolute atomic E-state index is 9.15. The van der Waals surface area contributed by atoms with Crippen LogP contribution in [0.5, 0.6) is 0 Å². The molecule has 13 heavy (non-hydrogen) atoms. The lowest BCUT2D eigenvalue weighted by molar-refractivity contribution is 0.272. The Hall–Kier alpha value is -0.800. The second-order valence-electron chi connectivity index (χ2n) is 2.99. The number of aliphatic hydroxyl groups is 1. The number of halogens is 1. The van der Waals surface area contributed by atoms with Crippen molar-refractivity contribution >= 4 is 26.8 Å². The Morgan fingerprint density at radius 1 is 1.38 bits per heavy atom. The molecule has 0 saturated heterocycles. The Bertz CT molecular complexity index is 408. The molecule has 3 heteroatoms. The van der Waals surface area contributed by atoms with Gasteiger partial charge >= 0.3 is 0 Å². The lowest BCUT2D eigenvalue weighted by Gasteiger charge is -1.99. The van der Waals surface area contributed by atoms with Crippen molar-refractivity contribution in [1.82, 2.24) is 4.57 Å². The number of hydrogen-bond donors (Lipinski definition) is 1. The molecule has 2 nitrogen and oxygen atoms in total. The minimum absolute atomic E-state index is 0.0613. The Labute approximate surface area is 84.9 Å². The molecular formula is C10H10BrNO. The zero-order valence-corrected chi connectivity index (χ0v) is 8.87. The van der Waals surface area contributed by atoms with Crippen molar-refractivity contribution in [1.29, 1.82) is 0 Å². The molecule has 0 amide bonds. The topological polar surface area (TPSA) is 25.2 Å². The van der Waals surface area contributed by atoms with Gasteiger partial charge in [0.2, 0.25) is 0 Å². The average molecular weight is 240 g/mol. The van der Waals surface area contributed by atoms with Crippen LogP contribution in [-0.4, -0.2) is 9.67 Å². The molecule has 0 bridgehead atoms. The van der Waals surface area contributed by atoms with Gasteiger partial charge in [-0.1, -0.05) is 18.2 Å². The van der Waals surface area contributed by atoms with Gasteiger partial charge in [-0.25, -0.2) is 0 Å². The molecule has 0 saturated carbocycles. The van der Waals surface area contributed by atoms with Crippen LogP contribution in [0.25, 0.3) is 10.9 Å². The molecule has 1 heterocycles. The van der Waals surface area contributed by atoms with E-state index in [0.29, 0.717) is 0 Å². The molecule has 0 atom stereocenters. The molecule has 0 aliphatic rings. The van der Waals surface area contributed by atoms with Crippen LogP contribution in [0, 0.1) is 0 Å². The van der Waals surface area contributed by atoms with Gasteiger partial charge in [0.15, 0.2) is 0 Å². The van der Waals surface area contributed by atoms with Crippen molar-refractivity contribution < 1.29 is 5.11 Å². The van der Waals surface area contributed by atoms with Crippen LogP contribution in [0.4, 0.5) is 0 Å². The molecule has 0 aliphatic carbocycles. The zero-order valence-electron chi connectivity index (χ0n) is 7.29. The van der Waals surface area contributed by atoms with Gasteiger partial charge in [0, 0.05) is 22.4 Å². The van der Waals surface area contributed by atoms with Gasteiger partial charge in [-0.05, 0) is 22.0 Å². The number of aryl methyl sites for hydroxylation is 1. The van der Waals surface area contributed by atoms with Crippen molar-refractivity contribution in [2.75, 3.05) is 0 Å². The molecule has 2 rings (SSSR count). The van der Waals surface area contributed by atoms with Gasteiger partial charge in [0.05, 0.1) is 12.3 Å². The van der Waals surface area contributed by atoms with Crippen LogP contribution in [0.3, 0.4) is 0 Å². The predicted molar refractivity (Wildman–Crippen MR) is 56.5 cm³/mol. The highest BCUT2D eigenvalue weighted by atomic mass is 79.9. The van der Waals surface area contributed by atoms with E-state index in [1.807, 2.05) is 35.9 Å². The molecule has 1 aromatic carbocycles. The second-order valence-corrected chi connectivity index (χ2v) is 3.79. The van der Waals surface area contributed by atoms with E-state index < -0.39 is 0 Å². The van der Waals surface area contributed by atoms with Crippen LogP contribution in [-0.2, 0) is 13.7 Å². The van der Waals surface area contributed by atoms with E-state index in [4.69, 9.17) is 5.11 Å². The summed E-state index contributed by atoms with van der Waals surface area (Å²) in [4.78, 5) is 0. The molecule has 1 N–H and O–H groups in total. The lowest BCUT2D eigenvalue weighted by Crippen LogP contribution is -1.95. The zero-order chi connectivity index (χ0) is 9.42. The molecule has 0 unspecified atom stereocenters. The molecule has 0 radical (unpaired) electrons. The first kappa shape index (κ1) is 8.78. The summed E-state index contributed by atoms with van der Waals surface area (Å²) in [7, 11) is 1.96. The molecule has 1 aromatic heterocycles. The van der Waals surface area contributed by atoms with E-state index in [2.05, 4.69) is 15.9 Å².